The maximum Gasteiger partial charge on any atom is 0.311 e. The highest BCUT2D eigenvalue weighted by Crippen LogP contribution is 2.85. The first kappa shape index (κ1) is 108. The van der Waals surface area contributed by atoms with Crippen molar-refractivity contribution in [1.82, 2.24) is 0 Å². The summed E-state index contributed by atoms with van der Waals surface area (Å²) in [4.78, 5) is 11.3. The molecule has 0 spiro atoms. The molecule has 0 aromatic heterocycles. The Balaban J connectivity index is 0.000000112. The fourth-order valence-electron chi connectivity index (χ4n) is 37.4. The molecule has 39 saturated carbocycles. The average Bonchev–Trinajstić information content (AvgIpc) is 0.655. The van der Waals surface area contributed by atoms with Gasteiger partial charge in [0, 0.05) is 35.0 Å². The number of terminal acetylenes is 2. The second kappa shape index (κ2) is 34.0. The standard InChI is InChI=1S/C14H18.C10H16F2.C10H17F.C10H16O2.C10H18.2C10H14.C9H16O2S.C9H16O.3C9H16.C8H14/c1-11(2)13-8-14(9-13,10-13)12-6-4-3-5-7-12;1-7(2)9-4-10(5-9,6-9)8(3,11)12;1-7(2)9-4-10(5-9,6-9)8(3)11;1-7(2)9-4-10(5-9,6-9)8(11)12-3;3*1-4-9-5-10(6-9,7-9)8(2)3;1-7(2)8-4-9(5-8,6-8)12(3,10)11;1-7(2)8-4-9(5-8,6-8)10-3;3*1-7(2)9-4-8(3,5-9)6-9;1-6(2)8-3-7(4-8)5-8/h3-7,11H,8-10H2,1-2H3;7H,4-6H2,1-3H3;7-8H,4-6H2,1-3H3;7H,4-6H2,1-3H3;8H,4-7H2,1-3H3;2*1,8H,5-7H2,2-3H3;7H,4-6H2,1-3H3;7H,4-6H2,1-3H3;3*7H,4-6H2,1-3H3;6-7H,3-5H2,1-2H3. The summed E-state index contributed by atoms with van der Waals surface area (Å²) in [6, 6.07) is 11.1. The molecule has 772 valence electrons. The molecule has 1 aromatic carbocycles. The third-order valence-electron chi connectivity index (χ3n) is 50.1. The van der Waals surface area contributed by atoms with Gasteiger partial charge in [0.1, 0.15) is 6.17 Å². The van der Waals surface area contributed by atoms with Gasteiger partial charge in [-0.15, -0.1) is 12.8 Å². The normalized spacial score (nSPS) is 48.4. The van der Waals surface area contributed by atoms with Gasteiger partial charge in [-0.25, -0.2) is 21.6 Å². The van der Waals surface area contributed by atoms with Gasteiger partial charge in [-0.3, -0.25) is 4.79 Å². The van der Waals surface area contributed by atoms with Crippen molar-refractivity contribution in [2.24, 2.45) is 202 Å². The lowest BCUT2D eigenvalue weighted by molar-refractivity contribution is -0.323. The molecule has 39 fully saturated rings. The van der Waals surface area contributed by atoms with E-state index in [0.29, 0.717) is 71.6 Å². The molecule has 0 saturated heterocycles. The number of hydrogen-bond acceptors (Lipinski definition) is 5. The van der Waals surface area contributed by atoms with E-state index in [2.05, 4.69) is 250 Å². The molecule has 26 bridgehead atoms. The van der Waals surface area contributed by atoms with Crippen LogP contribution in [0.2, 0.25) is 0 Å². The molecule has 136 heavy (non-hydrogen) atoms. The topological polar surface area (TPSA) is 69.7 Å². The first-order chi connectivity index (χ1) is 62.3. The number of carbonyl (C=O) groups excluding carboxylic acids is 1. The fraction of sp³-hybridized carbons (Fsp3) is 0.913. The first-order valence-electron chi connectivity index (χ1n) is 57.1. The number of alkyl halides is 3. The Morgan fingerprint density at radius 3 is 0.853 bits per heavy atom. The molecular weight excluding hydrogens is 1690 g/mol. The van der Waals surface area contributed by atoms with Crippen molar-refractivity contribution in [3.8, 4) is 24.7 Å². The number of sulfone groups is 1. The van der Waals surface area contributed by atoms with Crippen molar-refractivity contribution >= 4 is 15.8 Å². The minimum Gasteiger partial charge on any atom is -0.469 e. The van der Waals surface area contributed by atoms with Crippen LogP contribution in [0.5, 0.6) is 0 Å². The highest BCUT2D eigenvalue weighted by Gasteiger charge is 2.79. The molecule has 1 atom stereocenters. The minimum absolute atomic E-state index is 0.0185. The van der Waals surface area contributed by atoms with Gasteiger partial charge in [0.25, 0.3) is 5.92 Å². The molecule has 0 aliphatic heterocycles. The molecule has 0 amide bonds. The number of methoxy groups -OCH3 is 2. The Hall–Kier alpha value is -2.49. The predicted molar refractivity (Wildman–Crippen MR) is 564 cm³/mol. The van der Waals surface area contributed by atoms with Crippen LogP contribution in [-0.4, -0.2) is 57.3 Å². The van der Waals surface area contributed by atoms with E-state index in [1.807, 2.05) is 7.11 Å². The summed E-state index contributed by atoms with van der Waals surface area (Å²) in [6.07, 6.45) is 64.1. The highest BCUT2D eigenvalue weighted by atomic mass is 32.2. The SMILES string of the molecule is C#CC12CC(C(C)C)(C1)C2.C#CC12CC(C(C)C)(C1)C2.CC(C)C12CC(C(C)(F)F)(C1)C2.CC(C)C12CC(C(C)F)(C1)C2.CC(C)C12CC(C)(C1)C2.CC(C)C12CC(C)(C1)C2.CC(C)C12CC(C)(C1)C2.CC(C)C12CC(C1)C2.CC(C)C12CC(S(C)(=O)=O)(C1)C2.CC(C)C12CC(c3ccccc3)(C1)C2.CCC12CC(C(C)C)(C1)C2.COC(=O)C12CC(C(C)C)(C1)C2.COC12CC(C(C)C)(C1)C2. The van der Waals surface area contributed by atoms with E-state index < -0.39 is 27.3 Å². The van der Waals surface area contributed by atoms with Crippen molar-refractivity contribution in [3.05, 3.63) is 35.9 Å². The Bertz CT molecular complexity index is 4290. The van der Waals surface area contributed by atoms with Crippen LogP contribution in [0, 0.1) is 227 Å². The molecule has 9 heteroatoms. The van der Waals surface area contributed by atoms with Gasteiger partial charge in [-0.05, 0) is 450 Å². The number of rotatable bonds is 20. The number of hydrogen-bond donors (Lipinski definition) is 0. The number of carbonyl (C=O) groups is 1. The molecule has 0 radical (unpaired) electrons. The van der Waals surface area contributed by atoms with E-state index in [0.717, 1.165) is 209 Å². The summed E-state index contributed by atoms with van der Waals surface area (Å²) in [5.41, 5.74) is 14.9. The minimum atomic E-state index is -2.77. The maximum atomic E-state index is 13.0. The molecular formula is C127H207F3O5S. The average molecular weight is 1900 g/mol. The van der Waals surface area contributed by atoms with Crippen molar-refractivity contribution < 1.29 is 35.9 Å². The van der Waals surface area contributed by atoms with E-state index >= 15 is 0 Å². The van der Waals surface area contributed by atoms with Crippen LogP contribution in [0.3, 0.4) is 0 Å². The fourth-order valence-corrected chi connectivity index (χ4v) is 39.0. The van der Waals surface area contributed by atoms with Crippen LogP contribution < -0.4 is 0 Å². The summed E-state index contributed by atoms with van der Waals surface area (Å²) in [5.74, 6) is 15.5. The summed E-state index contributed by atoms with van der Waals surface area (Å²) < 4.78 is 71.6. The largest absolute Gasteiger partial charge is 0.469 e. The van der Waals surface area contributed by atoms with Crippen LogP contribution >= 0.6 is 0 Å². The summed E-state index contributed by atoms with van der Waals surface area (Å²) >= 11 is 0. The maximum absolute atomic E-state index is 13.0. The smallest absolute Gasteiger partial charge is 0.311 e. The Kier molecular flexibility index (Phi) is 27.0. The molecule has 39 aliphatic carbocycles. The van der Waals surface area contributed by atoms with Gasteiger partial charge in [0.2, 0.25) is 0 Å². The van der Waals surface area contributed by atoms with Crippen molar-refractivity contribution in [1.29, 1.82) is 0 Å². The zero-order chi connectivity index (χ0) is 101. The van der Waals surface area contributed by atoms with Gasteiger partial charge >= 0.3 is 5.97 Å². The third-order valence-corrected chi connectivity index (χ3v) is 52.1. The van der Waals surface area contributed by atoms with Gasteiger partial charge in [-0.1, -0.05) is 256 Å². The van der Waals surface area contributed by atoms with Crippen molar-refractivity contribution in [2.45, 2.75) is 506 Å². The Morgan fingerprint density at radius 1 is 0.375 bits per heavy atom. The molecule has 39 aliphatic rings. The third kappa shape index (κ3) is 16.9. The molecule has 1 unspecified atom stereocenters. The van der Waals surface area contributed by atoms with E-state index in [-0.39, 0.29) is 21.5 Å². The quantitative estimate of drug-likeness (QED) is 0.0961. The van der Waals surface area contributed by atoms with Gasteiger partial charge in [0.15, 0.2) is 9.84 Å². The van der Waals surface area contributed by atoms with Crippen molar-refractivity contribution in [2.75, 3.05) is 20.5 Å². The Labute approximate surface area is 835 Å². The second-order valence-electron chi connectivity index (χ2n) is 62.6. The van der Waals surface area contributed by atoms with Crippen LogP contribution in [-0.2, 0) is 29.5 Å². The van der Waals surface area contributed by atoms with Crippen LogP contribution in [0.4, 0.5) is 13.2 Å². The summed E-state index contributed by atoms with van der Waals surface area (Å²) in [6.45, 7) is 72.6. The van der Waals surface area contributed by atoms with Gasteiger partial charge in [-0.2, -0.15) is 0 Å². The monoisotopic (exact) mass is 1900 g/mol. The lowest BCUT2D eigenvalue weighted by Crippen LogP contribution is -2.72. The molecule has 1 aromatic rings. The number of esters is 1. The molecule has 0 N–H and O–H groups in total. The number of halogens is 3. The van der Waals surface area contributed by atoms with Crippen LogP contribution in [0.25, 0.3) is 0 Å². The summed E-state index contributed by atoms with van der Waals surface area (Å²) in [7, 11) is 0.570. The predicted octanol–water partition coefficient (Wildman–Crippen LogP) is 35.3. The van der Waals surface area contributed by atoms with Gasteiger partial charge < -0.3 is 9.47 Å². The van der Waals surface area contributed by atoms with Crippen LogP contribution in [0.15, 0.2) is 30.3 Å². The van der Waals surface area contributed by atoms with E-state index in [9.17, 15) is 26.4 Å². The highest BCUT2D eigenvalue weighted by molar-refractivity contribution is 7.92. The number of ether oxygens (including phenoxy) is 2. The van der Waals surface area contributed by atoms with E-state index in [4.69, 9.17) is 22.3 Å². The lowest BCUT2D eigenvalue weighted by Gasteiger charge is -2.74. The van der Waals surface area contributed by atoms with Gasteiger partial charge in [0.05, 0.1) is 22.9 Å². The Morgan fingerprint density at radius 2 is 0.632 bits per heavy atom. The summed E-state index contributed by atoms with van der Waals surface area (Å²) in [5, 5.41) is 0. The lowest BCUT2D eigenvalue weighted by atomic mass is 9.31. The molecule has 5 nitrogen and oxygen atoms in total. The zero-order valence-corrected chi connectivity index (χ0v) is 95.4. The zero-order valence-electron chi connectivity index (χ0n) is 94.6. The van der Waals surface area contributed by atoms with Crippen molar-refractivity contribution in [3.63, 3.8) is 0 Å². The van der Waals surface area contributed by atoms with E-state index in [1.165, 1.54) is 155 Å². The molecule has 40 rings (SSSR count). The first-order valence-corrected chi connectivity index (χ1v) is 59.0. The number of benzene rings is 1. The van der Waals surface area contributed by atoms with Crippen LogP contribution in [0.1, 0.15) is 484 Å². The molecule has 0 heterocycles. The second-order valence-corrected chi connectivity index (χ2v) is 65.0. The van der Waals surface area contributed by atoms with E-state index in [1.54, 1.807) is 51.0 Å².